The van der Waals surface area contributed by atoms with Crippen molar-refractivity contribution in [3.8, 4) is 0 Å². The highest BCUT2D eigenvalue weighted by Crippen LogP contribution is 2.20. The molecule has 2 heterocycles. The van der Waals surface area contributed by atoms with E-state index in [1.54, 1.807) is 0 Å². The maximum atomic E-state index is 11.7. The molecule has 0 atom stereocenters. The van der Waals surface area contributed by atoms with Gasteiger partial charge in [0.2, 0.25) is 0 Å². The average Bonchev–Trinajstić information content (AvgIpc) is 2.46. The van der Waals surface area contributed by atoms with Crippen molar-refractivity contribution in [3.05, 3.63) is 21.6 Å². The second kappa shape index (κ2) is 2.73. The molecule has 0 saturated heterocycles. The Balaban J connectivity index is 2.57. The number of sulfone groups is 1. The van der Waals surface area contributed by atoms with E-state index in [0.717, 1.165) is 0 Å². The summed E-state index contributed by atoms with van der Waals surface area (Å²) in [4.78, 5) is 11.7. The Morgan fingerprint density at radius 1 is 1.36 bits per heavy atom. The molecule has 1 aromatic heterocycles. The van der Waals surface area contributed by atoms with Gasteiger partial charge in [-0.15, -0.1) is 0 Å². The number of H-pyrrole nitrogens is 1. The molecule has 0 radical (unpaired) electrons. The lowest BCUT2D eigenvalue weighted by Gasteiger charge is -2.04. The molecule has 5 nitrogen and oxygen atoms in total. The van der Waals surface area contributed by atoms with Crippen LogP contribution in [0.5, 0.6) is 0 Å². The van der Waals surface area contributed by atoms with Gasteiger partial charge in [0, 0.05) is 6.04 Å². The summed E-state index contributed by atoms with van der Waals surface area (Å²) < 4.78 is 23.9. The quantitative estimate of drug-likeness (QED) is 0.728. The van der Waals surface area contributed by atoms with E-state index in [9.17, 15) is 13.2 Å². The number of hydrogen-bond acceptors (Lipinski definition) is 3. The lowest BCUT2D eigenvalue weighted by molar-refractivity contribution is 0.511. The highest BCUT2D eigenvalue weighted by Gasteiger charge is 2.30. The van der Waals surface area contributed by atoms with E-state index < -0.39 is 9.84 Å². The third-order valence-corrected chi connectivity index (χ3v) is 3.80. The van der Waals surface area contributed by atoms with Crippen molar-refractivity contribution in [1.29, 1.82) is 0 Å². The van der Waals surface area contributed by atoms with Crippen LogP contribution in [-0.2, 0) is 21.3 Å². The van der Waals surface area contributed by atoms with Crippen LogP contribution >= 0.6 is 0 Å². The maximum absolute atomic E-state index is 11.7. The molecule has 0 saturated carbocycles. The molecule has 1 aliphatic rings. The monoisotopic (exact) mass is 216 g/mol. The van der Waals surface area contributed by atoms with Crippen LogP contribution in [0.3, 0.4) is 0 Å². The van der Waals surface area contributed by atoms with Crippen LogP contribution in [0, 0.1) is 0 Å². The summed E-state index contributed by atoms with van der Waals surface area (Å²) >= 11 is 0. The summed E-state index contributed by atoms with van der Waals surface area (Å²) in [7, 11) is -3.07. The van der Waals surface area contributed by atoms with E-state index in [1.807, 2.05) is 13.8 Å². The number of hydrogen-bond donors (Lipinski definition) is 1. The number of fused-ring (bicyclic) bond motifs is 1. The van der Waals surface area contributed by atoms with Crippen LogP contribution in [0.25, 0.3) is 0 Å². The summed E-state index contributed by atoms with van der Waals surface area (Å²) in [5, 5.41) is 2.84. The maximum Gasteiger partial charge on any atom is 0.271 e. The average molecular weight is 216 g/mol. The molecule has 2 rings (SSSR count). The molecule has 78 valence electrons. The lowest BCUT2D eigenvalue weighted by atomic mass is 10.3. The Morgan fingerprint density at radius 3 is 2.50 bits per heavy atom. The molecule has 0 aromatic carbocycles. The standard InChI is InChI=1S/C8H12N2O3S/c1-5(2)10-8(11)6-3-14(12,13)4-7(6)9-10/h5,9H,3-4H2,1-2H3. The van der Waals surface area contributed by atoms with E-state index in [0.29, 0.717) is 11.3 Å². The van der Waals surface area contributed by atoms with E-state index in [4.69, 9.17) is 0 Å². The molecule has 1 aromatic rings. The van der Waals surface area contributed by atoms with Crippen LogP contribution in [-0.4, -0.2) is 18.2 Å². The van der Waals surface area contributed by atoms with Gasteiger partial charge < -0.3 is 0 Å². The highest BCUT2D eigenvalue weighted by molar-refractivity contribution is 7.90. The fraction of sp³-hybridized carbons (Fsp3) is 0.625. The minimum absolute atomic E-state index is 0.0305. The molecule has 0 bridgehead atoms. The Morgan fingerprint density at radius 2 is 2.00 bits per heavy atom. The molecular weight excluding hydrogens is 204 g/mol. The van der Waals surface area contributed by atoms with E-state index in [1.165, 1.54) is 4.68 Å². The van der Waals surface area contributed by atoms with Crippen LogP contribution < -0.4 is 5.56 Å². The van der Waals surface area contributed by atoms with Crippen molar-refractivity contribution >= 4 is 9.84 Å². The van der Waals surface area contributed by atoms with Gasteiger partial charge in [-0.1, -0.05) is 0 Å². The van der Waals surface area contributed by atoms with E-state index in [2.05, 4.69) is 5.10 Å². The zero-order valence-corrected chi connectivity index (χ0v) is 8.89. The van der Waals surface area contributed by atoms with Crippen LogP contribution in [0.4, 0.5) is 0 Å². The summed E-state index contributed by atoms with van der Waals surface area (Å²) in [6.45, 7) is 3.75. The number of nitrogens with zero attached hydrogens (tertiary/aromatic N) is 1. The van der Waals surface area contributed by atoms with Crippen LogP contribution in [0.15, 0.2) is 4.79 Å². The molecule has 14 heavy (non-hydrogen) atoms. The Hall–Kier alpha value is -1.04. The first-order valence-electron chi connectivity index (χ1n) is 4.43. The first-order chi connectivity index (χ1) is 6.41. The van der Waals surface area contributed by atoms with Gasteiger partial charge in [0.25, 0.3) is 5.56 Å². The summed E-state index contributed by atoms with van der Waals surface area (Å²) in [5.41, 5.74) is 0.776. The van der Waals surface area contributed by atoms with Crippen molar-refractivity contribution in [2.24, 2.45) is 0 Å². The Labute approximate surface area is 81.6 Å². The first kappa shape index (κ1) is 9.51. The minimum atomic E-state index is -3.07. The second-order valence-corrected chi connectivity index (χ2v) is 5.93. The fourth-order valence-corrected chi connectivity index (χ4v) is 3.18. The molecule has 6 heteroatoms. The van der Waals surface area contributed by atoms with Crippen LogP contribution in [0.1, 0.15) is 31.1 Å². The number of nitrogens with one attached hydrogen (secondary N) is 1. The highest BCUT2D eigenvalue weighted by atomic mass is 32.2. The van der Waals surface area contributed by atoms with Crippen molar-refractivity contribution in [2.75, 3.05) is 0 Å². The molecule has 0 amide bonds. The van der Waals surface area contributed by atoms with Crippen LogP contribution in [0.2, 0.25) is 0 Å². The fourth-order valence-electron chi connectivity index (χ4n) is 1.66. The third-order valence-electron chi connectivity index (χ3n) is 2.34. The second-order valence-electron chi connectivity index (χ2n) is 3.87. The van der Waals surface area contributed by atoms with Gasteiger partial charge in [0.1, 0.15) is 0 Å². The molecule has 1 N–H and O–H groups in total. The molecular formula is C8H12N2O3S. The lowest BCUT2D eigenvalue weighted by Crippen LogP contribution is -2.21. The molecule has 0 fully saturated rings. The largest absolute Gasteiger partial charge is 0.298 e. The number of aromatic amines is 1. The molecule has 0 aliphatic carbocycles. The Bertz CT molecular complexity index is 521. The predicted octanol–water partition coefficient (Wildman–Crippen LogP) is 0.186. The van der Waals surface area contributed by atoms with E-state index in [-0.39, 0.29) is 23.1 Å². The topological polar surface area (TPSA) is 71.9 Å². The first-order valence-corrected chi connectivity index (χ1v) is 6.25. The van der Waals surface area contributed by atoms with Gasteiger partial charge in [-0.05, 0) is 13.8 Å². The zero-order valence-electron chi connectivity index (χ0n) is 8.07. The molecule has 0 unspecified atom stereocenters. The van der Waals surface area contributed by atoms with Crippen molar-refractivity contribution in [1.82, 2.24) is 9.78 Å². The van der Waals surface area contributed by atoms with Crippen molar-refractivity contribution < 1.29 is 8.42 Å². The Kier molecular flexibility index (Phi) is 1.85. The SMILES string of the molecule is CC(C)n1[nH]c2c(c1=O)CS(=O)(=O)C2. The summed E-state index contributed by atoms with van der Waals surface area (Å²) in [6.07, 6.45) is 0. The van der Waals surface area contributed by atoms with Gasteiger partial charge in [0.05, 0.1) is 22.8 Å². The number of rotatable bonds is 1. The smallest absolute Gasteiger partial charge is 0.271 e. The van der Waals surface area contributed by atoms with Gasteiger partial charge in [-0.2, -0.15) is 0 Å². The van der Waals surface area contributed by atoms with Gasteiger partial charge in [-0.25, -0.2) is 8.42 Å². The molecule has 1 aliphatic heterocycles. The van der Waals surface area contributed by atoms with Gasteiger partial charge in [-0.3, -0.25) is 14.6 Å². The van der Waals surface area contributed by atoms with Crippen molar-refractivity contribution in [3.63, 3.8) is 0 Å². The van der Waals surface area contributed by atoms with E-state index >= 15 is 0 Å². The van der Waals surface area contributed by atoms with Gasteiger partial charge >= 0.3 is 0 Å². The zero-order chi connectivity index (χ0) is 10.5. The molecule has 0 spiro atoms. The summed E-state index contributed by atoms with van der Waals surface area (Å²) in [5.74, 6) is -0.144. The minimum Gasteiger partial charge on any atom is -0.298 e. The predicted molar refractivity (Wildman–Crippen MR) is 51.8 cm³/mol. The summed E-state index contributed by atoms with van der Waals surface area (Å²) in [6, 6.07) is 0.0378. The van der Waals surface area contributed by atoms with Gasteiger partial charge in [0.15, 0.2) is 9.84 Å². The normalized spacial score (nSPS) is 18.8. The van der Waals surface area contributed by atoms with Crippen molar-refractivity contribution in [2.45, 2.75) is 31.4 Å². The third kappa shape index (κ3) is 1.30. The number of aromatic nitrogens is 2.